The van der Waals surface area contributed by atoms with Crippen LogP contribution < -0.4 is 0 Å². The maximum absolute atomic E-state index is 5.36. The van der Waals surface area contributed by atoms with E-state index >= 15 is 0 Å². The van der Waals surface area contributed by atoms with Crippen molar-refractivity contribution in [2.24, 2.45) is 0 Å². The minimum atomic E-state index is -0.445. The third-order valence-electron chi connectivity index (χ3n) is 1.73. The molecule has 83 valence electrons. The van der Waals surface area contributed by atoms with E-state index in [4.69, 9.17) is 22.0 Å². The van der Waals surface area contributed by atoms with Crippen LogP contribution in [-0.4, -0.2) is 20.1 Å². The van der Waals surface area contributed by atoms with Gasteiger partial charge in [0.15, 0.2) is 0 Å². The molecule has 0 aromatic rings. The van der Waals surface area contributed by atoms with Crippen LogP contribution >= 0.6 is 33.8 Å². The summed E-state index contributed by atoms with van der Waals surface area (Å²) in [5.74, 6) is 1.15. The number of hydrogen-bond donors (Lipinski definition) is 0. The first kappa shape index (κ1) is 15.1. The zero-order chi connectivity index (χ0) is 10.8. The number of thiocarbonyl (C=S) groups is 1. The molecule has 0 heterocycles. The van der Waals surface area contributed by atoms with Gasteiger partial charge in [0.2, 0.25) is 0 Å². The van der Waals surface area contributed by atoms with Crippen LogP contribution in [0.25, 0.3) is 0 Å². The zero-order valence-electron chi connectivity index (χ0n) is 8.82. The average molecular weight is 332 g/mol. The van der Waals surface area contributed by atoms with Crippen molar-refractivity contribution in [3.8, 4) is 0 Å². The first-order valence-electron chi connectivity index (χ1n) is 5.00. The Morgan fingerprint density at radius 3 is 2.43 bits per heavy atom. The van der Waals surface area contributed by atoms with E-state index in [2.05, 4.69) is 17.3 Å². The van der Waals surface area contributed by atoms with Crippen molar-refractivity contribution >= 4 is 38.1 Å². The zero-order valence-corrected chi connectivity index (χ0v) is 13.3. The van der Waals surface area contributed by atoms with Gasteiger partial charge < -0.3 is 0 Å². The van der Waals surface area contributed by atoms with Crippen molar-refractivity contribution in [1.29, 1.82) is 0 Å². The van der Waals surface area contributed by atoms with Crippen LogP contribution in [0.1, 0.15) is 39.5 Å². The summed E-state index contributed by atoms with van der Waals surface area (Å²) in [5.41, 5.74) is 0. The summed E-state index contributed by atoms with van der Waals surface area (Å²) in [6.07, 6.45) is 4.94. The van der Waals surface area contributed by atoms with Crippen molar-refractivity contribution in [3.63, 3.8) is 0 Å². The van der Waals surface area contributed by atoms with E-state index in [0.717, 1.165) is 16.6 Å². The molecule has 0 aromatic heterocycles. The molecule has 0 amide bonds. The van der Waals surface area contributed by atoms with E-state index in [1.165, 1.54) is 25.7 Å². The van der Waals surface area contributed by atoms with Gasteiger partial charge in [-0.05, 0) is 0 Å². The Balaban J connectivity index is 3.73. The number of thioether (sulfide) groups is 1. The molecule has 0 aromatic carbocycles. The standard InChI is InChI=1S/C9H19NS2.Mo.S/c1-3-5-7-10-9(11)12-8-6-4-2;;/h3-8H2,1-2H3,(H,10,11);;/q;+1;/p-1. The fourth-order valence-corrected chi connectivity index (χ4v) is 4.94. The predicted molar refractivity (Wildman–Crippen MR) is 69.2 cm³/mol. The van der Waals surface area contributed by atoms with E-state index in [1.54, 1.807) is 0 Å². The second-order valence-corrected chi connectivity index (χ2v) is 7.06. The molecule has 0 atom stereocenters. The topological polar surface area (TPSA) is 3.24 Å². The van der Waals surface area contributed by atoms with Crippen molar-refractivity contribution in [3.05, 3.63) is 0 Å². The van der Waals surface area contributed by atoms with Crippen LogP contribution in [0.2, 0.25) is 0 Å². The fraction of sp³-hybridized carbons (Fsp3) is 0.889. The van der Waals surface area contributed by atoms with Gasteiger partial charge >= 0.3 is 110 Å². The molecule has 0 N–H and O–H groups in total. The van der Waals surface area contributed by atoms with Gasteiger partial charge in [-0.2, -0.15) is 0 Å². The second-order valence-electron chi connectivity index (χ2n) is 3.00. The molecule has 5 heteroatoms. The van der Waals surface area contributed by atoms with E-state index in [9.17, 15) is 0 Å². The number of unbranched alkanes of at least 4 members (excludes halogenated alkanes) is 2. The molecule has 1 nitrogen and oxygen atoms in total. The maximum atomic E-state index is 5.36. The molecule has 0 fully saturated rings. The van der Waals surface area contributed by atoms with Crippen LogP contribution in [0.4, 0.5) is 0 Å². The predicted octanol–water partition coefficient (Wildman–Crippen LogP) is 4.02. The molecule has 0 saturated carbocycles. The van der Waals surface area contributed by atoms with E-state index in [1.807, 2.05) is 11.8 Å². The van der Waals surface area contributed by atoms with Gasteiger partial charge in [0.25, 0.3) is 0 Å². The molecular formula is C9H18MoNS3. The summed E-state index contributed by atoms with van der Waals surface area (Å²) in [4.78, 5) is 0. The minimum absolute atomic E-state index is 0.445. The Morgan fingerprint density at radius 2 is 1.93 bits per heavy atom. The molecule has 0 bridgehead atoms. The van der Waals surface area contributed by atoms with Gasteiger partial charge in [0.1, 0.15) is 0 Å². The normalized spacial score (nSPS) is 9.86. The van der Waals surface area contributed by atoms with Crippen LogP contribution in [0.5, 0.6) is 0 Å². The molecule has 14 heavy (non-hydrogen) atoms. The van der Waals surface area contributed by atoms with Crippen molar-refractivity contribution in [2.75, 3.05) is 12.3 Å². The van der Waals surface area contributed by atoms with Gasteiger partial charge in [-0.15, -0.1) is 0 Å². The molecule has 0 saturated heterocycles. The van der Waals surface area contributed by atoms with Crippen LogP contribution in [0, 0.1) is 0 Å². The first-order chi connectivity index (χ1) is 6.76. The number of rotatable bonds is 7. The molecule has 0 radical (unpaired) electrons. The summed E-state index contributed by atoms with van der Waals surface area (Å²) in [6, 6.07) is 0. The summed E-state index contributed by atoms with van der Waals surface area (Å²) in [6.45, 7) is 5.50. The van der Waals surface area contributed by atoms with Crippen molar-refractivity contribution in [1.82, 2.24) is 3.46 Å². The van der Waals surface area contributed by atoms with Gasteiger partial charge in [-0.3, -0.25) is 0 Å². The third kappa shape index (κ3) is 7.44. The van der Waals surface area contributed by atoms with E-state index in [0.29, 0.717) is 0 Å². The summed E-state index contributed by atoms with van der Waals surface area (Å²) in [5, 5.41) is 0. The molecule has 0 aliphatic carbocycles. The Hall–Kier alpha value is 1.15. The van der Waals surface area contributed by atoms with E-state index < -0.39 is 17.0 Å². The summed E-state index contributed by atoms with van der Waals surface area (Å²) in [7, 11) is 5.20. The quantitative estimate of drug-likeness (QED) is 0.393. The Kier molecular flexibility index (Phi) is 11.5. The van der Waals surface area contributed by atoms with Gasteiger partial charge in [-0.1, -0.05) is 0 Å². The van der Waals surface area contributed by atoms with Crippen LogP contribution in [0.15, 0.2) is 0 Å². The molecule has 0 aliphatic heterocycles. The number of hydrogen-bond acceptors (Lipinski definition) is 3. The van der Waals surface area contributed by atoms with Crippen LogP contribution in [-0.2, 0) is 17.0 Å². The van der Waals surface area contributed by atoms with Gasteiger partial charge in [0.05, 0.1) is 0 Å². The summed E-state index contributed by atoms with van der Waals surface area (Å²) >= 11 is 6.72. The monoisotopic (exact) mass is 334 g/mol. The van der Waals surface area contributed by atoms with E-state index in [-0.39, 0.29) is 0 Å². The fourth-order valence-electron chi connectivity index (χ4n) is 0.837. The van der Waals surface area contributed by atoms with Gasteiger partial charge in [0, 0.05) is 0 Å². The second kappa shape index (κ2) is 10.7. The molecular weight excluding hydrogens is 314 g/mol. The Bertz CT molecular complexity index is 175. The molecule has 0 unspecified atom stereocenters. The van der Waals surface area contributed by atoms with Crippen LogP contribution in [0.3, 0.4) is 0 Å². The molecule has 0 aliphatic rings. The number of nitrogens with zero attached hydrogens (tertiary/aromatic N) is 1. The molecule has 0 rings (SSSR count). The Labute approximate surface area is 110 Å². The van der Waals surface area contributed by atoms with Crippen molar-refractivity contribution < 1.29 is 17.0 Å². The van der Waals surface area contributed by atoms with Gasteiger partial charge in [-0.25, -0.2) is 0 Å². The van der Waals surface area contributed by atoms with Crippen molar-refractivity contribution in [2.45, 2.75) is 39.5 Å². The molecule has 0 spiro atoms. The average Bonchev–Trinajstić information content (AvgIpc) is 2.19. The Morgan fingerprint density at radius 1 is 1.29 bits per heavy atom. The third-order valence-corrected chi connectivity index (χ3v) is 6.29. The SMILES string of the molecule is CCCCSC(=S)[N](CCCC)[Mo]=[S]. The summed E-state index contributed by atoms with van der Waals surface area (Å²) < 4.78 is 3.31. The first-order valence-corrected chi connectivity index (χ1v) is 10.1.